The average Bonchev–Trinajstić information content (AvgIpc) is 3.40. The number of fused-ring (bicyclic) bond motifs is 1. The van der Waals surface area contributed by atoms with Gasteiger partial charge in [-0.15, -0.1) is 5.10 Å². The molecule has 4 heterocycles. The van der Waals surface area contributed by atoms with Crippen LogP contribution < -0.4 is 15.5 Å². The Kier molecular flexibility index (Phi) is 6.35. The monoisotopic (exact) mass is 532 g/mol. The van der Waals surface area contributed by atoms with Crippen LogP contribution in [0.1, 0.15) is 36.9 Å². The van der Waals surface area contributed by atoms with Crippen molar-refractivity contribution in [3.05, 3.63) is 34.6 Å². The molecule has 1 aliphatic carbocycles. The molecule has 2 N–H and O–H groups in total. The number of imidazole rings is 1. The van der Waals surface area contributed by atoms with Crippen LogP contribution in [0.2, 0.25) is 5.02 Å². The number of rotatable bonds is 6. The van der Waals surface area contributed by atoms with Crippen LogP contribution in [0.25, 0.3) is 5.65 Å². The van der Waals surface area contributed by atoms with Crippen molar-refractivity contribution in [1.82, 2.24) is 24.5 Å². The van der Waals surface area contributed by atoms with Gasteiger partial charge in [0, 0.05) is 38.8 Å². The number of hydrogen-bond donors (Lipinski definition) is 2. The van der Waals surface area contributed by atoms with Gasteiger partial charge in [-0.1, -0.05) is 11.6 Å². The lowest BCUT2D eigenvalue weighted by atomic mass is 10.1. The van der Waals surface area contributed by atoms with Crippen LogP contribution in [0.4, 0.5) is 23.1 Å². The second kappa shape index (κ2) is 9.97. The summed E-state index contributed by atoms with van der Waals surface area (Å²) in [6.45, 7) is 2.87. The van der Waals surface area contributed by atoms with E-state index >= 15 is 0 Å². The van der Waals surface area contributed by atoms with E-state index in [2.05, 4.69) is 42.7 Å². The number of ether oxygens (including phenoxy) is 1. The Morgan fingerprint density at radius 3 is 2.63 bits per heavy atom. The molecule has 1 aromatic carbocycles. The zero-order chi connectivity index (χ0) is 26.2. The Labute approximate surface area is 223 Å². The van der Waals surface area contributed by atoms with Gasteiger partial charge < -0.3 is 25.2 Å². The third-order valence-electron chi connectivity index (χ3n) is 6.96. The lowest BCUT2D eigenvalue weighted by Gasteiger charge is -2.37. The molecule has 1 unspecified atom stereocenters. The Hall–Kier alpha value is -4.13. The summed E-state index contributed by atoms with van der Waals surface area (Å²) >= 11 is 6.86. The molecule has 3 aromatic rings. The Morgan fingerprint density at radius 1 is 1.13 bits per heavy atom. The molecule has 3 aliphatic rings. The van der Waals surface area contributed by atoms with Gasteiger partial charge in [0.2, 0.25) is 5.95 Å². The molecular formula is C25H25ClN10O2. The van der Waals surface area contributed by atoms with Crippen LogP contribution in [0.5, 0.6) is 0 Å². The second-order valence-electron chi connectivity index (χ2n) is 9.60. The zero-order valence-electron chi connectivity index (χ0n) is 20.5. The number of nitrogens with zero attached hydrogens (tertiary/aromatic N) is 8. The molecule has 3 fully saturated rings. The number of carbonyl (C=O) groups excluding carboxylic acids is 1. The first-order chi connectivity index (χ1) is 18.5. The molecule has 2 saturated heterocycles. The molecule has 1 saturated carbocycles. The van der Waals surface area contributed by atoms with Gasteiger partial charge in [0.15, 0.2) is 17.2 Å². The molecule has 194 valence electrons. The summed E-state index contributed by atoms with van der Waals surface area (Å²) in [5, 5.41) is 30.6. The fourth-order valence-corrected chi connectivity index (χ4v) is 5.06. The first-order valence-electron chi connectivity index (χ1n) is 12.6. The van der Waals surface area contributed by atoms with Crippen molar-refractivity contribution in [1.29, 1.82) is 10.5 Å². The van der Waals surface area contributed by atoms with E-state index in [9.17, 15) is 15.3 Å². The van der Waals surface area contributed by atoms with Gasteiger partial charge in [0.25, 0.3) is 5.91 Å². The number of carbonyl (C=O) groups is 1. The van der Waals surface area contributed by atoms with Crippen molar-refractivity contribution < 1.29 is 9.53 Å². The maximum Gasteiger partial charge on any atom is 0.251 e. The van der Waals surface area contributed by atoms with Crippen LogP contribution in [-0.4, -0.2) is 75.3 Å². The molecular weight excluding hydrogens is 508 g/mol. The lowest BCUT2D eigenvalue weighted by Crippen LogP contribution is -2.51. The third-order valence-corrected chi connectivity index (χ3v) is 7.36. The summed E-state index contributed by atoms with van der Waals surface area (Å²) in [5.74, 6) is 0.775. The highest BCUT2D eigenvalue weighted by Crippen LogP contribution is 2.37. The zero-order valence-corrected chi connectivity index (χ0v) is 21.3. The topological polar surface area (TPSA) is 147 Å². The van der Waals surface area contributed by atoms with Gasteiger partial charge in [-0.2, -0.15) is 20.0 Å². The Bertz CT molecular complexity index is 1470. The largest absolute Gasteiger partial charge is 0.368 e. The van der Waals surface area contributed by atoms with Gasteiger partial charge in [-0.3, -0.25) is 4.79 Å². The van der Waals surface area contributed by atoms with Gasteiger partial charge in [-0.25, -0.2) is 4.98 Å². The number of nitriles is 2. The number of piperazine rings is 1. The van der Waals surface area contributed by atoms with Gasteiger partial charge in [-0.05, 0) is 37.8 Å². The quantitative estimate of drug-likeness (QED) is 0.485. The van der Waals surface area contributed by atoms with Crippen molar-refractivity contribution in [2.45, 2.75) is 37.8 Å². The summed E-state index contributed by atoms with van der Waals surface area (Å²) < 4.78 is 7.00. The number of halogens is 1. The van der Waals surface area contributed by atoms with E-state index in [1.807, 2.05) is 4.90 Å². The fraction of sp³-hybridized carbons (Fsp3) is 0.440. The highest BCUT2D eigenvalue weighted by atomic mass is 35.5. The number of nitrogens with one attached hydrogen (secondary N) is 2. The first kappa shape index (κ1) is 24.2. The highest BCUT2D eigenvalue weighted by molar-refractivity contribution is 6.36. The summed E-state index contributed by atoms with van der Waals surface area (Å²) in [5.41, 5.74) is 2.32. The van der Waals surface area contributed by atoms with Crippen LogP contribution in [-0.2, 0) is 9.53 Å². The Morgan fingerprint density at radius 2 is 1.95 bits per heavy atom. The van der Waals surface area contributed by atoms with E-state index in [0.717, 1.165) is 25.7 Å². The lowest BCUT2D eigenvalue weighted by molar-refractivity contribution is -0.141. The minimum atomic E-state index is -0.337. The molecule has 1 atom stereocenters. The number of aromatic nitrogens is 4. The molecule has 6 rings (SSSR count). The van der Waals surface area contributed by atoms with E-state index in [4.69, 9.17) is 16.3 Å². The Balaban J connectivity index is 1.26. The van der Waals surface area contributed by atoms with Crippen LogP contribution >= 0.6 is 11.6 Å². The fourth-order valence-electron chi connectivity index (χ4n) is 4.79. The molecule has 12 nitrogen and oxygen atoms in total. The molecule has 0 bridgehead atoms. The van der Waals surface area contributed by atoms with Crippen LogP contribution in [0, 0.1) is 22.7 Å². The third kappa shape index (κ3) is 4.64. The van der Waals surface area contributed by atoms with Crippen molar-refractivity contribution in [3.63, 3.8) is 0 Å². The maximum atomic E-state index is 12.7. The van der Waals surface area contributed by atoms with E-state index in [0.29, 0.717) is 72.3 Å². The van der Waals surface area contributed by atoms with Gasteiger partial charge in [0.1, 0.15) is 12.2 Å². The maximum absolute atomic E-state index is 12.7. The summed E-state index contributed by atoms with van der Waals surface area (Å²) in [7, 11) is 0. The van der Waals surface area contributed by atoms with Crippen molar-refractivity contribution in [2.75, 3.05) is 48.3 Å². The van der Waals surface area contributed by atoms with E-state index in [1.165, 1.54) is 10.7 Å². The molecule has 0 radical (unpaired) electrons. The number of benzene rings is 1. The summed E-state index contributed by atoms with van der Waals surface area (Å²) in [4.78, 5) is 25.5. The molecule has 1 amide bonds. The van der Waals surface area contributed by atoms with E-state index in [1.54, 1.807) is 12.1 Å². The van der Waals surface area contributed by atoms with Crippen molar-refractivity contribution in [2.24, 2.45) is 0 Å². The van der Waals surface area contributed by atoms with Gasteiger partial charge in [0.05, 0.1) is 34.2 Å². The van der Waals surface area contributed by atoms with Crippen molar-refractivity contribution >= 4 is 46.3 Å². The molecule has 2 aromatic heterocycles. The van der Waals surface area contributed by atoms with Gasteiger partial charge >= 0.3 is 0 Å². The minimum absolute atomic E-state index is 0.0424. The normalized spacial score (nSPS) is 19.3. The molecule has 38 heavy (non-hydrogen) atoms. The second-order valence-corrected chi connectivity index (χ2v) is 9.98. The molecule has 2 aliphatic heterocycles. The molecule has 13 heteroatoms. The smallest absolute Gasteiger partial charge is 0.251 e. The standard InChI is InChI=1S/C25H25ClN10O2/c26-21-18(31-25-32-22(30-16-3-4-16)23-29-14-17(13-28)36(23)33-25)10-15(12-27)11-19(21)34-5-7-35(8-6-34)24(37)20-2-1-9-38-20/h10-11,14,16,20H,1-9H2,(H2,30,31,32,33). The SMILES string of the molecule is N#Cc1cc(Nc2nc(NC3CC3)c3ncc(C#N)n3n2)c(Cl)c(N2CCN(C(=O)C3CCCO3)CC2)c1. The van der Waals surface area contributed by atoms with Crippen LogP contribution in [0.3, 0.4) is 0 Å². The van der Waals surface area contributed by atoms with E-state index in [-0.39, 0.29) is 23.7 Å². The van der Waals surface area contributed by atoms with Crippen molar-refractivity contribution in [3.8, 4) is 12.1 Å². The minimum Gasteiger partial charge on any atom is -0.368 e. The number of anilines is 4. The van der Waals surface area contributed by atoms with Crippen LogP contribution in [0.15, 0.2) is 18.3 Å². The summed E-state index contributed by atoms with van der Waals surface area (Å²) in [6, 6.07) is 7.99. The summed E-state index contributed by atoms with van der Waals surface area (Å²) in [6.07, 6.45) is 4.88. The average molecular weight is 533 g/mol. The molecule has 0 spiro atoms. The number of amides is 1. The van der Waals surface area contributed by atoms with E-state index < -0.39 is 0 Å². The first-order valence-corrected chi connectivity index (χ1v) is 13.0. The predicted molar refractivity (Wildman–Crippen MR) is 139 cm³/mol. The predicted octanol–water partition coefficient (Wildman–Crippen LogP) is 2.67. The highest BCUT2D eigenvalue weighted by Gasteiger charge is 2.31. The number of hydrogen-bond acceptors (Lipinski definition) is 10.